The first-order chi connectivity index (χ1) is 5.75. The van der Waals surface area contributed by atoms with Gasteiger partial charge in [-0.2, -0.15) is 0 Å². The molecule has 0 saturated heterocycles. The molecule has 0 spiro atoms. The van der Waals surface area contributed by atoms with Crippen LogP contribution in [0.4, 0.5) is 0 Å². The molecule has 12 heavy (non-hydrogen) atoms. The Kier molecular flexibility index (Phi) is 3.50. The Morgan fingerprint density at radius 2 is 1.75 bits per heavy atom. The Balaban J connectivity index is 2.80. The lowest BCUT2D eigenvalue weighted by atomic mass is 10.2. The molecule has 0 saturated carbocycles. The van der Waals surface area contributed by atoms with Crippen LogP contribution in [-0.2, 0) is 4.74 Å². The first-order valence-electron chi connectivity index (χ1n) is 4.22. The van der Waals surface area contributed by atoms with Crippen LogP contribution in [0.5, 0.6) is 0 Å². The Hall–Kier alpha value is -0.603. The second-order valence-electron chi connectivity index (χ2n) is 3.09. The SMILES string of the molecule is CO[C](c1ccccc1)[SiH](C)C. The Morgan fingerprint density at radius 3 is 2.17 bits per heavy atom. The molecule has 1 radical (unpaired) electrons. The summed E-state index contributed by atoms with van der Waals surface area (Å²) in [5, 5.41) is 0. The molecule has 0 fully saturated rings. The molecule has 0 unspecified atom stereocenters. The third-order valence-electron chi connectivity index (χ3n) is 1.80. The molecule has 0 bridgehead atoms. The average molecular weight is 179 g/mol. The maximum atomic E-state index is 5.38. The van der Waals surface area contributed by atoms with Gasteiger partial charge in [-0.25, -0.2) is 0 Å². The minimum atomic E-state index is -0.818. The summed E-state index contributed by atoms with van der Waals surface area (Å²) in [7, 11) is 0.942. The summed E-state index contributed by atoms with van der Waals surface area (Å²) in [5.74, 6) is 0. The fourth-order valence-corrected chi connectivity index (χ4v) is 2.62. The van der Waals surface area contributed by atoms with E-state index >= 15 is 0 Å². The molecule has 0 heterocycles. The van der Waals surface area contributed by atoms with Crippen molar-refractivity contribution in [2.24, 2.45) is 0 Å². The Morgan fingerprint density at radius 1 is 1.17 bits per heavy atom. The maximum absolute atomic E-state index is 5.38. The van der Waals surface area contributed by atoms with Gasteiger partial charge in [-0.15, -0.1) is 0 Å². The number of benzene rings is 1. The maximum Gasteiger partial charge on any atom is 0.107 e. The van der Waals surface area contributed by atoms with E-state index in [9.17, 15) is 0 Å². The molecule has 0 aliphatic carbocycles. The normalized spacial score (nSPS) is 11.1. The highest BCUT2D eigenvalue weighted by Gasteiger charge is 2.16. The van der Waals surface area contributed by atoms with Gasteiger partial charge in [-0.3, -0.25) is 0 Å². The van der Waals surface area contributed by atoms with Gasteiger partial charge in [0.25, 0.3) is 0 Å². The molecule has 0 atom stereocenters. The van der Waals surface area contributed by atoms with E-state index in [1.54, 1.807) is 7.11 Å². The standard InChI is InChI=1S/C10H15OSi/c1-11-10(12(2)3)9-7-5-4-6-8-9/h4-8,12H,1-3H3. The quantitative estimate of drug-likeness (QED) is 0.647. The highest BCUT2D eigenvalue weighted by molar-refractivity contribution is 6.62. The van der Waals surface area contributed by atoms with Gasteiger partial charge in [-0.05, 0) is 5.56 Å². The Labute approximate surface area is 76.0 Å². The third kappa shape index (κ3) is 2.19. The summed E-state index contributed by atoms with van der Waals surface area (Å²) >= 11 is 0. The molecule has 2 heteroatoms. The van der Waals surface area contributed by atoms with Gasteiger partial charge in [0.1, 0.15) is 5.73 Å². The van der Waals surface area contributed by atoms with Crippen molar-refractivity contribution in [2.75, 3.05) is 7.11 Å². The monoisotopic (exact) mass is 179 g/mol. The lowest BCUT2D eigenvalue weighted by Gasteiger charge is -2.16. The van der Waals surface area contributed by atoms with Gasteiger partial charge >= 0.3 is 0 Å². The van der Waals surface area contributed by atoms with Crippen molar-refractivity contribution < 1.29 is 4.74 Å². The average Bonchev–Trinajstić information content (AvgIpc) is 2.07. The second-order valence-corrected chi connectivity index (χ2v) is 5.92. The van der Waals surface area contributed by atoms with Crippen LogP contribution < -0.4 is 0 Å². The molecular weight excluding hydrogens is 164 g/mol. The molecule has 0 aliphatic heterocycles. The highest BCUT2D eigenvalue weighted by Crippen LogP contribution is 2.17. The van der Waals surface area contributed by atoms with E-state index in [0.717, 1.165) is 0 Å². The number of methoxy groups -OCH3 is 1. The minimum Gasteiger partial charge on any atom is -0.375 e. The lowest BCUT2D eigenvalue weighted by molar-refractivity contribution is 0.267. The summed E-state index contributed by atoms with van der Waals surface area (Å²) in [6.45, 7) is 4.54. The molecular formula is C10H15OSi. The van der Waals surface area contributed by atoms with Gasteiger partial charge in [0.15, 0.2) is 0 Å². The van der Waals surface area contributed by atoms with Crippen LogP contribution in [-0.4, -0.2) is 15.9 Å². The van der Waals surface area contributed by atoms with E-state index in [0.29, 0.717) is 0 Å². The molecule has 1 aromatic rings. The molecule has 65 valence electrons. The molecule has 0 N–H and O–H groups in total. The van der Waals surface area contributed by atoms with Crippen LogP contribution in [0.15, 0.2) is 30.3 Å². The zero-order chi connectivity index (χ0) is 8.97. The number of hydrogen-bond acceptors (Lipinski definition) is 1. The summed E-state index contributed by atoms with van der Waals surface area (Å²) in [6, 6.07) is 10.3. The number of rotatable bonds is 3. The van der Waals surface area contributed by atoms with Crippen molar-refractivity contribution in [1.29, 1.82) is 0 Å². The van der Waals surface area contributed by atoms with Crippen LogP contribution >= 0.6 is 0 Å². The fourth-order valence-electron chi connectivity index (χ4n) is 1.29. The van der Waals surface area contributed by atoms with E-state index in [-0.39, 0.29) is 0 Å². The van der Waals surface area contributed by atoms with Crippen LogP contribution in [0.2, 0.25) is 13.1 Å². The first kappa shape index (κ1) is 9.48. The zero-order valence-corrected chi connectivity index (χ0v) is 9.03. The van der Waals surface area contributed by atoms with Gasteiger partial charge in [-0.1, -0.05) is 43.4 Å². The van der Waals surface area contributed by atoms with E-state index in [1.165, 1.54) is 11.3 Å². The molecule has 1 nitrogen and oxygen atoms in total. The van der Waals surface area contributed by atoms with Crippen LogP contribution in [0, 0.1) is 5.73 Å². The van der Waals surface area contributed by atoms with E-state index in [4.69, 9.17) is 4.74 Å². The molecule has 0 aromatic heterocycles. The first-order valence-corrected chi connectivity index (χ1v) is 7.10. The summed E-state index contributed by atoms with van der Waals surface area (Å²) < 4.78 is 5.38. The predicted octanol–water partition coefficient (Wildman–Crippen LogP) is 2.24. The van der Waals surface area contributed by atoms with Gasteiger partial charge in [0.2, 0.25) is 0 Å². The van der Waals surface area contributed by atoms with Gasteiger partial charge in [0.05, 0.1) is 8.80 Å². The Bertz CT molecular complexity index is 221. The van der Waals surface area contributed by atoms with E-state index < -0.39 is 8.80 Å². The summed E-state index contributed by atoms with van der Waals surface area (Å²) in [5.41, 5.74) is 2.43. The smallest absolute Gasteiger partial charge is 0.107 e. The van der Waals surface area contributed by atoms with E-state index in [1.807, 2.05) is 18.2 Å². The van der Waals surface area contributed by atoms with Crippen molar-refractivity contribution in [3.05, 3.63) is 41.6 Å². The third-order valence-corrected chi connectivity index (χ3v) is 3.42. The number of hydrogen-bond donors (Lipinski definition) is 0. The predicted molar refractivity (Wildman–Crippen MR) is 54.7 cm³/mol. The molecule has 1 rings (SSSR count). The summed E-state index contributed by atoms with van der Waals surface area (Å²) in [6.07, 6.45) is 0. The van der Waals surface area contributed by atoms with Crippen molar-refractivity contribution in [3.8, 4) is 0 Å². The van der Waals surface area contributed by atoms with E-state index in [2.05, 4.69) is 25.2 Å². The minimum absolute atomic E-state index is 0.818. The summed E-state index contributed by atoms with van der Waals surface area (Å²) in [4.78, 5) is 0. The van der Waals surface area contributed by atoms with Crippen molar-refractivity contribution in [1.82, 2.24) is 0 Å². The van der Waals surface area contributed by atoms with Gasteiger partial charge in [0, 0.05) is 7.11 Å². The van der Waals surface area contributed by atoms with Crippen molar-refractivity contribution in [2.45, 2.75) is 13.1 Å². The topological polar surface area (TPSA) is 9.23 Å². The van der Waals surface area contributed by atoms with Crippen LogP contribution in [0.25, 0.3) is 0 Å². The van der Waals surface area contributed by atoms with Crippen molar-refractivity contribution in [3.63, 3.8) is 0 Å². The molecule has 0 aliphatic rings. The van der Waals surface area contributed by atoms with Crippen LogP contribution in [0.1, 0.15) is 5.56 Å². The highest BCUT2D eigenvalue weighted by atomic mass is 28.3. The number of ether oxygens (including phenoxy) is 1. The second kappa shape index (κ2) is 4.43. The lowest BCUT2D eigenvalue weighted by Crippen LogP contribution is -2.18. The molecule has 1 aromatic carbocycles. The van der Waals surface area contributed by atoms with Crippen molar-refractivity contribution >= 4 is 8.80 Å². The van der Waals surface area contributed by atoms with Crippen LogP contribution in [0.3, 0.4) is 0 Å². The fraction of sp³-hybridized carbons (Fsp3) is 0.300. The zero-order valence-electron chi connectivity index (χ0n) is 7.87. The largest absolute Gasteiger partial charge is 0.375 e. The van der Waals surface area contributed by atoms with Gasteiger partial charge < -0.3 is 4.74 Å². The molecule has 0 amide bonds.